The van der Waals surface area contributed by atoms with E-state index in [9.17, 15) is 9.50 Å². The number of benzene rings is 1. The number of aryl methyl sites for hydroxylation is 1. The number of rotatable bonds is 3. The molecule has 2 heteroatoms. The highest BCUT2D eigenvalue weighted by atomic mass is 19.1. The van der Waals surface area contributed by atoms with Crippen LogP contribution in [0.15, 0.2) is 18.2 Å². The molecule has 2 atom stereocenters. The predicted molar refractivity (Wildman–Crippen MR) is 76.4 cm³/mol. The van der Waals surface area contributed by atoms with Crippen molar-refractivity contribution in [1.29, 1.82) is 0 Å². The maximum absolute atomic E-state index is 13.7. The maximum atomic E-state index is 13.7. The van der Waals surface area contributed by atoms with Crippen molar-refractivity contribution in [1.82, 2.24) is 0 Å². The number of hydrogen-bond acceptors (Lipinski definition) is 1. The number of halogens is 1. The Morgan fingerprint density at radius 1 is 1.42 bits per heavy atom. The molecule has 0 bridgehead atoms. The Kier molecular flexibility index (Phi) is 4.29. The number of hydrogen-bond donors (Lipinski definition) is 1. The van der Waals surface area contributed by atoms with Gasteiger partial charge < -0.3 is 5.11 Å². The van der Waals surface area contributed by atoms with E-state index in [2.05, 4.69) is 13.8 Å². The summed E-state index contributed by atoms with van der Waals surface area (Å²) in [5, 5.41) is 10.9. The molecule has 1 aliphatic carbocycles. The molecular weight excluding hydrogens is 239 g/mol. The fraction of sp³-hybridized carbons (Fsp3) is 0.647. The molecule has 1 aliphatic rings. The van der Waals surface area contributed by atoms with Crippen LogP contribution in [-0.4, -0.2) is 5.11 Å². The molecule has 0 aliphatic heterocycles. The molecule has 0 saturated heterocycles. The van der Waals surface area contributed by atoms with Crippen molar-refractivity contribution in [3.8, 4) is 0 Å². The molecule has 1 nitrogen and oxygen atoms in total. The number of aliphatic hydroxyl groups is 1. The Morgan fingerprint density at radius 2 is 2.16 bits per heavy atom. The van der Waals surface area contributed by atoms with Crippen molar-refractivity contribution in [3.63, 3.8) is 0 Å². The van der Waals surface area contributed by atoms with Gasteiger partial charge in [0.25, 0.3) is 0 Å². The Labute approximate surface area is 115 Å². The van der Waals surface area contributed by atoms with Crippen molar-refractivity contribution in [2.75, 3.05) is 0 Å². The zero-order valence-corrected chi connectivity index (χ0v) is 12.2. The molecule has 1 saturated carbocycles. The first-order chi connectivity index (χ1) is 8.90. The monoisotopic (exact) mass is 264 g/mol. The maximum Gasteiger partial charge on any atom is 0.126 e. The third-order valence-corrected chi connectivity index (χ3v) is 4.34. The highest BCUT2D eigenvalue weighted by Crippen LogP contribution is 2.42. The van der Waals surface area contributed by atoms with Crippen molar-refractivity contribution in [2.24, 2.45) is 11.8 Å². The summed E-state index contributed by atoms with van der Waals surface area (Å²) in [4.78, 5) is 0. The van der Waals surface area contributed by atoms with Gasteiger partial charge >= 0.3 is 0 Å². The molecule has 1 N–H and O–H groups in total. The minimum Gasteiger partial charge on any atom is -0.385 e. The largest absolute Gasteiger partial charge is 0.385 e. The fourth-order valence-corrected chi connectivity index (χ4v) is 3.38. The molecule has 106 valence electrons. The second kappa shape index (κ2) is 5.62. The molecule has 2 unspecified atom stereocenters. The molecule has 0 radical (unpaired) electrons. The van der Waals surface area contributed by atoms with E-state index < -0.39 is 5.60 Å². The van der Waals surface area contributed by atoms with Crippen LogP contribution in [0.2, 0.25) is 0 Å². The van der Waals surface area contributed by atoms with Crippen LogP contribution in [0.1, 0.15) is 57.1 Å². The van der Waals surface area contributed by atoms with E-state index >= 15 is 0 Å². The van der Waals surface area contributed by atoms with Crippen LogP contribution in [0, 0.1) is 24.6 Å². The van der Waals surface area contributed by atoms with Gasteiger partial charge in [-0.05, 0) is 61.6 Å². The molecule has 1 aromatic carbocycles. The fourth-order valence-electron chi connectivity index (χ4n) is 3.38. The lowest BCUT2D eigenvalue weighted by Gasteiger charge is -2.38. The van der Waals surface area contributed by atoms with Gasteiger partial charge in [0.05, 0.1) is 5.60 Å². The Morgan fingerprint density at radius 3 is 2.79 bits per heavy atom. The van der Waals surface area contributed by atoms with E-state index in [1.807, 2.05) is 6.07 Å². The van der Waals surface area contributed by atoms with E-state index in [0.717, 1.165) is 31.2 Å². The highest BCUT2D eigenvalue weighted by Gasteiger charge is 2.36. The Bertz CT molecular complexity index is 441. The minimum atomic E-state index is -0.827. The van der Waals surface area contributed by atoms with Crippen LogP contribution in [0.25, 0.3) is 0 Å². The summed E-state index contributed by atoms with van der Waals surface area (Å²) in [7, 11) is 0. The van der Waals surface area contributed by atoms with Gasteiger partial charge in [0.15, 0.2) is 0 Å². The van der Waals surface area contributed by atoms with Crippen LogP contribution >= 0.6 is 0 Å². The van der Waals surface area contributed by atoms with Gasteiger partial charge in [0.2, 0.25) is 0 Å². The quantitative estimate of drug-likeness (QED) is 0.848. The summed E-state index contributed by atoms with van der Waals surface area (Å²) in [5.74, 6) is 1.00. The molecule has 2 rings (SSSR count). The first kappa shape index (κ1) is 14.5. The average Bonchev–Trinajstić information content (AvgIpc) is 2.31. The molecule has 0 aromatic heterocycles. The van der Waals surface area contributed by atoms with E-state index in [-0.39, 0.29) is 5.82 Å². The lowest BCUT2D eigenvalue weighted by Crippen LogP contribution is -2.33. The van der Waals surface area contributed by atoms with Crippen LogP contribution in [0.5, 0.6) is 0 Å². The van der Waals surface area contributed by atoms with Crippen molar-refractivity contribution < 1.29 is 9.50 Å². The van der Waals surface area contributed by atoms with Crippen molar-refractivity contribution in [2.45, 2.75) is 58.5 Å². The smallest absolute Gasteiger partial charge is 0.126 e. The molecule has 0 amide bonds. The van der Waals surface area contributed by atoms with Crippen molar-refractivity contribution in [3.05, 3.63) is 35.1 Å². The Hall–Kier alpha value is -0.890. The molecular formula is C17H25FO. The zero-order valence-electron chi connectivity index (χ0n) is 12.2. The van der Waals surface area contributed by atoms with Gasteiger partial charge in [-0.1, -0.05) is 32.4 Å². The predicted octanol–water partition coefficient (Wildman–Crippen LogP) is 4.56. The van der Waals surface area contributed by atoms with Crippen LogP contribution < -0.4 is 0 Å². The third-order valence-electron chi connectivity index (χ3n) is 4.34. The molecule has 1 fully saturated rings. The SMILES string of the molecule is Cc1ccc(C2(O)CCCC(CC(C)C)C2)cc1F. The van der Waals surface area contributed by atoms with E-state index in [4.69, 9.17) is 0 Å². The summed E-state index contributed by atoms with van der Waals surface area (Å²) in [6.45, 7) is 6.20. The van der Waals surface area contributed by atoms with Crippen molar-refractivity contribution >= 4 is 0 Å². The first-order valence-electron chi connectivity index (χ1n) is 7.40. The van der Waals surface area contributed by atoms with E-state index in [1.54, 1.807) is 13.0 Å². The topological polar surface area (TPSA) is 20.2 Å². The third kappa shape index (κ3) is 3.36. The van der Waals surface area contributed by atoms with Gasteiger partial charge in [-0.3, -0.25) is 0 Å². The van der Waals surface area contributed by atoms with Gasteiger partial charge in [0, 0.05) is 0 Å². The lowest BCUT2D eigenvalue weighted by molar-refractivity contribution is -0.0247. The second-order valence-corrected chi connectivity index (χ2v) is 6.59. The van der Waals surface area contributed by atoms with Gasteiger partial charge in [-0.15, -0.1) is 0 Å². The first-order valence-corrected chi connectivity index (χ1v) is 7.40. The van der Waals surface area contributed by atoms with Crippen LogP contribution in [0.3, 0.4) is 0 Å². The summed E-state index contributed by atoms with van der Waals surface area (Å²) >= 11 is 0. The van der Waals surface area contributed by atoms with Crippen LogP contribution in [-0.2, 0) is 5.60 Å². The summed E-state index contributed by atoms with van der Waals surface area (Å²) in [6.07, 6.45) is 4.90. The normalized spacial score (nSPS) is 27.8. The molecule has 1 aromatic rings. The Balaban J connectivity index is 2.18. The minimum absolute atomic E-state index is 0.211. The summed E-state index contributed by atoms with van der Waals surface area (Å²) < 4.78 is 13.7. The van der Waals surface area contributed by atoms with Crippen LogP contribution in [0.4, 0.5) is 4.39 Å². The standard InChI is InChI=1S/C17H25FO/c1-12(2)9-14-5-4-8-17(19,11-14)15-7-6-13(3)16(18)10-15/h6-7,10,12,14,19H,4-5,8-9,11H2,1-3H3. The second-order valence-electron chi connectivity index (χ2n) is 6.59. The summed E-state index contributed by atoms with van der Waals surface area (Å²) in [6, 6.07) is 5.18. The molecule has 0 heterocycles. The molecule has 19 heavy (non-hydrogen) atoms. The summed E-state index contributed by atoms with van der Waals surface area (Å²) in [5.41, 5.74) is 0.567. The van der Waals surface area contributed by atoms with Gasteiger partial charge in [0.1, 0.15) is 5.82 Å². The highest BCUT2D eigenvalue weighted by molar-refractivity contribution is 5.28. The van der Waals surface area contributed by atoms with E-state index in [1.165, 1.54) is 12.5 Å². The average molecular weight is 264 g/mol. The van der Waals surface area contributed by atoms with Gasteiger partial charge in [-0.2, -0.15) is 0 Å². The molecule has 0 spiro atoms. The van der Waals surface area contributed by atoms with Gasteiger partial charge in [-0.25, -0.2) is 4.39 Å². The zero-order chi connectivity index (χ0) is 14.0. The lowest BCUT2D eigenvalue weighted by atomic mass is 9.72. The van der Waals surface area contributed by atoms with E-state index in [0.29, 0.717) is 17.4 Å².